The van der Waals surface area contributed by atoms with E-state index in [0.717, 1.165) is 5.69 Å². The molecule has 0 aliphatic heterocycles. The number of anilines is 1. The van der Waals surface area contributed by atoms with Crippen molar-refractivity contribution in [1.29, 1.82) is 0 Å². The molecule has 94 valence electrons. The summed E-state index contributed by atoms with van der Waals surface area (Å²) in [7, 11) is 6.42. The van der Waals surface area contributed by atoms with E-state index in [2.05, 4.69) is 4.74 Å². The Morgan fingerprint density at radius 2 is 2.00 bits per heavy atom. The first kappa shape index (κ1) is 13.3. The monoisotopic (exact) mass is 239 g/mol. The third-order valence-corrected chi connectivity index (χ3v) is 2.44. The Morgan fingerprint density at radius 1 is 1.35 bits per heavy atom. The molecule has 5 nitrogen and oxygen atoms in total. The van der Waals surface area contributed by atoms with Crippen molar-refractivity contribution in [1.82, 2.24) is 0 Å². The maximum absolute atomic E-state index is 11.4. The lowest BCUT2D eigenvalue weighted by Gasteiger charge is -2.20. The highest BCUT2D eigenvalue weighted by molar-refractivity contribution is 5.79. The molecule has 0 fully saturated rings. The summed E-state index contributed by atoms with van der Waals surface area (Å²) in [5.74, 6) is -0.116. The van der Waals surface area contributed by atoms with Gasteiger partial charge < -0.3 is 19.5 Å². The van der Waals surface area contributed by atoms with Crippen molar-refractivity contribution in [3.63, 3.8) is 0 Å². The zero-order valence-electron chi connectivity index (χ0n) is 10.4. The summed E-state index contributed by atoms with van der Waals surface area (Å²) in [5, 5.41) is 9.88. The smallest absolute Gasteiger partial charge is 0.339 e. The molecule has 0 saturated heterocycles. The maximum atomic E-state index is 11.4. The van der Waals surface area contributed by atoms with Gasteiger partial charge in [-0.15, -0.1) is 0 Å². The minimum atomic E-state index is -1.31. The van der Waals surface area contributed by atoms with Crippen molar-refractivity contribution in [3.8, 4) is 5.75 Å². The number of hydrogen-bond acceptors (Lipinski definition) is 5. The Morgan fingerprint density at radius 3 is 2.47 bits per heavy atom. The molecule has 1 atom stereocenters. The number of aliphatic hydroxyl groups is 1. The first-order chi connectivity index (χ1) is 8.01. The number of nitrogens with zero attached hydrogens (tertiary/aromatic N) is 1. The van der Waals surface area contributed by atoms with Crippen LogP contribution in [0.2, 0.25) is 0 Å². The van der Waals surface area contributed by atoms with Gasteiger partial charge in [-0.05, 0) is 18.2 Å². The van der Waals surface area contributed by atoms with Crippen molar-refractivity contribution in [3.05, 3.63) is 23.8 Å². The van der Waals surface area contributed by atoms with E-state index in [9.17, 15) is 9.90 Å². The molecule has 1 unspecified atom stereocenters. The van der Waals surface area contributed by atoms with E-state index >= 15 is 0 Å². The van der Waals surface area contributed by atoms with E-state index in [1.807, 2.05) is 14.1 Å². The van der Waals surface area contributed by atoms with Gasteiger partial charge in [-0.3, -0.25) is 0 Å². The molecule has 5 heteroatoms. The molecule has 0 radical (unpaired) electrons. The van der Waals surface area contributed by atoms with E-state index in [1.165, 1.54) is 14.2 Å². The van der Waals surface area contributed by atoms with Crippen LogP contribution in [0.1, 0.15) is 11.7 Å². The van der Waals surface area contributed by atoms with Gasteiger partial charge in [0, 0.05) is 25.3 Å². The highest BCUT2D eigenvalue weighted by atomic mass is 16.5. The molecule has 0 aromatic heterocycles. The van der Waals surface area contributed by atoms with Gasteiger partial charge in [0.2, 0.25) is 0 Å². The fraction of sp³-hybridized carbons (Fsp3) is 0.417. The molecule has 1 aromatic carbocycles. The van der Waals surface area contributed by atoms with Crippen molar-refractivity contribution in [2.24, 2.45) is 0 Å². The first-order valence-corrected chi connectivity index (χ1v) is 5.12. The topological polar surface area (TPSA) is 59.0 Å². The number of carbonyl (C=O) groups is 1. The third kappa shape index (κ3) is 2.88. The predicted octanol–water partition coefficient (Wildman–Crippen LogP) is 0.968. The Bertz CT molecular complexity index is 403. The van der Waals surface area contributed by atoms with Gasteiger partial charge in [0.15, 0.2) is 6.10 Å². The second-order valence-corrected chi connectivity index (χ2v) is 3.74. The van der Waals surface area contributed by atoms with Crippen LogP contribution in [0.3, 0.4) is 0 Å². The van der Waals surface area contributed by atoms with Gasteiger partial charge >= 0.3 is 5.97 Å². The van der Waals surface area contributed by atoms with E-state index in [4.69, 9.17) is 4.74 Å². The Balaban J connectivity index is 3.21. The minimum Gasteiger partial charge on any atom is -0.497 e. The number of methoxy groups -OCH3 is 2. The fourth-order valence-electron chi connectivity index (χ4n) is 1.52. The van der Waals surface area contributed by atoms with Crippen LogP contribution in [0.5, 0.6) is 5.75 Å². The molecule has 0 spiro atoms. The van der Waals surface area contributed by atoms with Gasteiger partial charge in [-0.1, -0.05) is 0 Å². The van der Waals surface area contributed by atoms with Gasteiger partial charge in [-0.2, -0.15) is 0 Å². The number of esters is 1. The molecule has 1 N–H and O–H groups in total. The van der Waals surface area contributed by atoms with Crippen LogP contribution in [-0.2, 0) is 9.53 Å². The Kier molecular flexibility index (Phi) is 4.34. The molecule has 0 aliphatic carbocycles. The molecule has 1 rings (SSSR count). The fourth-order valence-corrected chi connectivity index (χ4v) is 1.52. The summed E-state index contributed by atoms with van der Waals surface area (Å²) in [6.45, 7) is 0. The van der Waals surface area contributed by atoms with Crippen LogP contribution in [0.4, 0.5) is 5.69 Å². The Labute approximate surface area is 101 Å². The second kappa shape index (κ2) is 5.54. The normalized spacial score (nSPS) is 11.8. The summed E-state index contributed by atoms with van der Waals surface area (Å²) in [5.41, 5.74) is 1.20. The zero-order chi connectivity index (χ0) is 13.0. The summed E-state index contributed by atoms with van der Waals surface area (Å²) < 4.78 is 9.60. The van der Waals surface area contributed by atoms with Crippen molar-refractivity contribution < 1.29 is 19.4 Å². The van der Waals surface area contributed by atoms with E-state index < -0.39 is 12.1 Å². The van der Waals surface area contributed by atoms with E-state index in [1.54, 1.807) is 23.1 Å². The van der Waals surface area contributed by atoms with Crippen molar-refractivity contribution in [2.45, 2.75) is 6.10 Å². The van der Waals surface area contributed by atoms with Crippen LogP contribution in [-0.4, -0.2) is 39.4 Å². The van der Waals surface area contributed by atoms with Crippen LogP contribution >= 0.6 is 0 Å². The maximum Gasteiger partial charge on any atom is 0.339 e. The van der Waals surface area contributed by atoms with E-state index in [-0.39, 0.29) is 0 Å². The molecule has 0 saturated carbocycles. The third-order valence-electron chi connectivity index (χ3n) is 2.44. The molecule has 0 aliphatic rings. The molecule has 17 heavy (non-hydrogen) atoms. The molecular formula is C12H17NO4. The molecule has 0 heterocycles. The van der Waals surface area contributed by atoms with Crippen LogP contribution in [0.15, 0.2) is 18.2 Å². The SMILES string of the molecule is COC(=O)C(O)c1cc(OC)ccc1N(C)C. The summed E-state index contributed by atoms with van der Waals surface area (Å²) in [6, 6.07) is 5.17. The lowest BCUT2D eigenvalue weighted by atomic mass is 10.1. The van der Waals surface area contributed by atoms with Crippen LogP contribution in [0.25, 0.3) is 0 Å². The van der Waals surface area contributed by atoms with Crippen molar-refractivity contribution in [2.75, 3.05) is 33.2 Å². The summed E-state index contributed by atoms with van der Waals surface area (Å²) >= 11 is 0. The number of aliphatic hydroxyl groups excluding tert-OH is 1. The Hall–Kier alpha value is -1.75. The lowest BCUT2D eigenvalue weighted by Crippen LogP contribution is -2.18. The number of rotatable bonds is 4. The highest BCUT2D eigenvalue weighted by Gasteiger charge is 2.22. The number of benzene rings is 1. The summed E-state index contributed by atoms with van der Waals surface area (Å²) in [6.07, 6.45) is -1.31. The summed E-state index contributed by atoms with van der Waals surface area (Å²) in [4.78, 5) is 13.2. The van der Waals surface area contributed by atoms with Gasteiger partial charge in [-0.25, -0.2) is 4.79 Å². The molecule has 1 aromatic rings. The number of ether oxygens (including phenoxy) is 2. The largest absolute Gasteiger partial charge is 0.497 e. The molecule has 0 amide bonds. The highest BCUT2D eigenvalue weighted by Crippen LogP contribution is 2.29. The zero-order valence-corrected chi connectivity index (χ0v) is 10.4. The van der Waals surface area contributed by atoms with Gasteiger partial charge in [0.1, 0.15) is 5.75 Å². The lowest BCUT2D eigenvalue weighted by molar-refractivity contribution is -0.150. The molecular weight excluding hydrogens is 222 g/mol. The van der Waals surface area contributed by atoms with Crippen LogP contribution < -0.4 is 9.64 Å². The standard InChI is InChI=1S/C12H17NO4/c1-13(2)10-6-5-8(16-3)7-9(10)11(14)12(15)17-4/h5-7,11,14H,1-4H3. The second-order valence-electron chi connectivity index (χ2n) is 3.74. The van der Waals surface area contributed by atoms with E-state index in [0.29, 0.717) is 11.3 Å². The predicted molar refractivity (Wildman–Crippen MR) is 64.3 cm³/mol. The van der Waals surface area contributed by atoms with Gasteiger partial charge in [0.05, 0.1) is 14.2 Å². The average molecular weight is 239 g/mol. The van der Waals surface area contributed by atoms with Crippen LogP contribution in [0, 0.1) is 0 Å². The van der Waals surface area contributed by atoms with Crippen molar-refractivity contribution >= 4 is 11.7 Å². The minimum absolute atomic E-state index is 0.459. The first-order valence-electron chi connectivity index (χ1n) is 5.12. The van der Waals surface area contributed by atoms with Gasteiger partial charge in [0.25, 0.3) is 0 Å². The number of carbonyl (C=O) groups excluding carboxylic acids is 1. The quantitative estimate of drug-likeness (QED) is 0.793. The number of hydrogen-bond donors (Lipinski definition) is 1. The average Bonchev–Trinajstić information content (AvgIpc) is 2.35. The molecule has 0 bridgehead atoms.